The summed E-state index contributed by atoms with van der Waals surface area (Å²) in [4.78, 5) is 14.3. The molecular weight excluding hydrogens is 254 g/mol. The topological polar surface area (TPSA) is 49.8 Å². The number of nitrogens with zero attached hydrogens (tertiary/aromatic N) is 1. The van der Waals surface area contributed by atoms with Crippen LogP contribution >= 0.6 is 0 Å². The largest absolute Gasteiger partial charge is 0.491 e. The van der Waals surface area contributed by atoms with Crippen LogP contribution in [0.5, 0.6) is 5.75 Å². The molecule has 4 nitrogen and oxygen atoms in total. The number of likely N-dealkylation sites (tertiary alicyclic amines) is 1. The Kier molecular flexibility index (Phi) is 4.65. The zero-order valence-corrected chi connectivity index (χ0v) is 12.4. The second kappa shape index (κ2) is 6.27. The van der Waals surface area contributed by atoms with E-state index >= 15 is 0 Å². The maximum Gasteiger partial charge on any atom is 0.254 e. The van der Waals surface area contributed by atoms with Crippen molar-refractivity contribution in [3.63, 3.8) is 0 Å². The van der Waals surface area contributed by atoms with Crippen molar-refractivity contribution < 1.29 is 14.6 Å². The van der Waals surface area contributed by atoms with Crippen molar-refractivity contribution in [1.82, 2.24) is 4.90 Å². The average molecular weight is 277 g/mol. The van der Waals surface area contributed by atoms with Crippen molar-refractivity contribution in [3.05, 3.63) is 29.8 Å². The van der Waals surface area contributed by atoms with Gasteiger partial charge in [0.1, 0.15) is 5.75 Å². The molecule has 1 aromatic rings. The molecule has 2 rings (SSSR count). The van der Waals surface area contributed by atoms with Crippen molar-refractivity contribution in [2.24, 2.45) is 5.92 Å². The van der Waals surface area contributed by atoms with Crippen LogP contribution in [-0.2, 0) is 0 Å². The van der Waals surface area contributed by atoms with E-state index in [1.807, 2.05) is 43.9 Å². The van der Waals surface area contributed by atoms with E-state index in [4.69, 9.17) is 4.74 Å². The Bertz CT molecular complexity index is 473. The predicted molar refractivity (Wildman–Crippen MR) is 77.9 cm³/mol. The van der Waals surface area contributed by atoms with Gasteiger partial charge < -0.3 is 14.7 Å². The monoisotopic (exact) mass is 277 g/mol. The maximum absolute atomic E-state index is 12.5. The molecule has 0 radical (unpaired) electrons. The van der Waals surface area contributed by atoms with Crippen LogP contribution in [0.25, 0.3) is 0 Å². The van der Waals surface area contributed by atoms with Crippen molar-refractivity contribution in [2.45, 2.75) is 39.4 Å². The highest BCUT2D eigenvalue weighted by molar-refractivity contribution is 5.94. The van der Waals surface area contributed by atoms with Crippen molar-refractivity contribution in [3.8, 4) is 5.75 Å². The van der Waals surface area contributed by atoms with Crippen LogP contribution in [-0.4, -0.2) is 41.2 Å². The van der Waals surface area contributed by atoms with Crippen LogP contribution in [0.1, 0.15) is 37.6 Å². The molecule has 1 N–H and O–H groups in total. The molecule has 1 aliphatic heterocycles. The van der Waals surface area contributed by atoms with E-state index in [-0.39, 0.29) is 24.0 Å². The van der Waals surface area contributed by atoms with E-state index in [1.54, 1.807) is 6.07 Å². The number of ether oxygens (including phenoxy) is 1. The van der Waals surface area contributed by atoms with Crippen LogP contribution in [0.4, 0.5) is 0 Å². The van der Waals surface area contributed by atoms with E-state index < -0.39 is 0 Å². The third kappa shape index (κ3) is 3.51. The van der Waals surface area contributed by atoms with Gasteiger partial charge in [-0.2, -0.15) is 0 Å². The highest BCUT2D eigenvalue weighted by Crippen LogP contribution is 2.21. The van der Waals surface area contributed by atoms with Crippen LogP contribution in [0.15, 0.2) is 24.3 Å². The first kappa shape index (κ1) is 14.9. The average Bonchev–Trinajstić information content (AvgIpc) is 2.40. The first-order valence-electron chi connectivity index (χ1n) is 7.21. The van der Waals surface area contributed by atoms with Gasteiger partial charge in [-0.3, -0.25) is 4.79 Å². The summed E-state index contributed by atoms with van der Waals surface area (Å²) in [5.74, 6) is 0.858. The molecule has 2 atom stereocenters. The van der Waals surface area contributed by atoms with Crippen LogP contribution in [0.2, 0.25) is 0 Å². The number of aliphatic hydroxyl groups excluding tert-OH is 1. The lowest BCUT2D eigenvalue weighted by Gasteiger charge is -2.34. The molecule has 0 aliphatic carbocycles. The van der Waals surface area contributed by atoms with Gasteiger partial charge >= 0.3 is 0 Å². The third-order valence-corrected chi connectivity index (χ3v) is 3.60. The minimum absolute atomic E-state index is 0.0120. The summed E-state index contributed by atoms with van der Waals surface area (Å²) >= 11 is 0. The van der Waals surface area contributed by atoms with E-state index in [0.29, 0.717) is 25.1 Å². The number of carbonyl (C=O) groups excluding carboxylic acids is 1. The molecule has 0 bridgehead atoms. The Balaban J connectivity index is 2.09. The fourth-order valence-corrected chi connectivity index (χ4v) is 2.47. The lowest BCUT2D eigenvalue weighted by Crippen LogP contribution is -2.44. The number of benzene rings is 1. The normalized spacial score (nSPS) is 22.9. The fraction of sp³-hybridized carbons (Fsp3) is 0.562. The summed E-state index contributed by atoms with van der Waals surface area (Å²) in [5.41, 5.74) is 0.645. The minimum Gasteiger partial charge on any atom is -0.491 e. The molecule has 1 saturated heterocycles. The molecular formula is C16H23NO3. The molecule has 1 amide bonds. The second-order valence-corrected chi connectivity index (χ2v) is 5.78. The summed E-state index contributed by atoms with van der Waals surface area (Å²) in [6.07, 6.45) is 0.440. The molecule has 1 fully saturated rings. The number of rotatable bonds is 3. The quantitative estimate of drug-likeness (QED) is 0.922. The molecule has 2 unspecified atom stereocenters. The number of amides is 1. The lowest BCUT2D eigenvalue weighted by atomic mass is 9.96. The van der Waals surface area contributed by atoms with Gasteiger partial charge in [0.05, 0.1) is 12.2 Å². The van der Waals surface area contributed by atoms with Gasteiger partial charge in [-0.25, -0.2) is 0 Å². The second-order valence-electron chi connectivity index (χ2n) is 5.78. The van der Waals surface area contributed by atoms with Gasteiger partial charge in [0, 0.05) is 18.7 Å². The molecule has 0 saturated carbocycles. The molecule has 1 heterocycles. The van der Waals surface area contributed by atoms with E-state index in [9.17, 15) is 9.90 Å². The minimum atomic E-state index is -0.297. The van der Waals surface area contributed by atoms with E-state index in [1.165, 1.54) is 0 Å². The van der Waals surface area contributed by atoms with Crippen LogP contribution in [0.3, 0.4) is 0 Å². The number of carbonyl (C=O) groups is 1. The van der Waals surface area contributed by atoms with Gasteiger partial charge in [0.25, 0.3) is 5.91 Å². The fourth-order valence-electron chi connectivity index (χ4n) is 2.47. The zero-order valence-electron chi connectivity index (χ0n) is 12.4. The third-order valence-electron chi connectivity index (χ3n) is 3.60. The maximum atomic E-state index is 12.5. The summed E-state index contributed by atoms with van der Waals surface area (Å²) in [5, 5.41) is 9.73. The zero-order chi connectivity index (χ0) is 14.7. The standard InChI is InChI=1S/C16H23NO3/c1-11(2)20-14-6-4-5-13(9-14)16(19)17-8-7-15(18)12(3)10-17/h4-6,9,11-12,15,18H,7-8,10H2,1-3H3. The lowest BCUT2D eigenvalue weighted by molar-refractivity contribution is 0.0297. The molecule has 1 aromatic carbocycles. The summed E-state index contributed by atoms with van der Waals surface area (Å²) in [7, 11) is 0. The van der Waals surface area contributed by atoms with E-state index in [0.717, 1.165) is 5.75 Å². The molecule has 110 valence electrons. The summed E-state index contributed by atoms with van der Waals surface area (Å²) < 4.78 is 5.62. The Labute approximate surface area is 120 Å². The van der Waals surface area contributed by atoms with Crippen molar-refractivity contribution >= 4 is 5.91 Å². The van der Waals surface area contributed by atoms with Crippen LogP contribution < -0.4 is 4.74 Å². The van der Waals surface area contributed by atoms with Gasteiger partial charge in [0.2, 0.25) is 0 Å². The predicted octanol–water partition coefficient (Wildman–Crippen LogP) is 2.32. The van der Waals surface area contributed by atoms with E-state index in [2.05, 4.69) is 0 Å². The highest BCUT2D eigenvalue weighted by Gasteiger charge is 2.27. The Morgan fingerprint density at radius 1 is 1.45 bits per heavy atom. The van der Waals surface area contributed by atoms with Gasteiger partial charge in [-0.05, 0) is 44.4 Å². The Hall–Kier alpha value is -1.55. The first-order chi connectivity index (χ1) is 9.47. The first-order valence-corrected chi connectivity index (χ1v) is 7.21. The molecule has 20 heavy (non-hydrogen) atoms. The number of piperidine rings is 1. The molecule has 1 aliphatic rings. The molecule has 0 spiro atoms. The van der Waals surface area contributed by atoms with Crippen LogP contribution in [0, 0.1) is 5.92 Å². The summed E-state index contributed by atoms with van der Waals surface area (Å²) in [6, 6.07) is 7.30. The number of hydrogen-bond donors (Lipinski definition) is 1. The Morgan fingerprint density at radius 3 is 2.85 bits per heavy atom. The van der Waals surface area contributed by atoms with Crippen molar-refractivity contribution in [1.29, 1.82) is 0 Å². The smallest absolute Gasteiger partial charge is 0.254 e. The summed E-state index contributed by atoms with van der Waals surface area (Å²) in [6.45, 7) is 7.11. The number of aliphatic hydroxyl groups is 1. The van der Waals surface area contributed by atoms with Gasteiger partial charge in [-0.1, -0.05) is 13.0 Å². The molecule has 4 heteroatoms. The number of hydrogen-bond acceptors (Lipinski definition) is 3. The Morgan fingerprint density at radius 2 is 2.20 bits per heavy atom. The van der Waals surface area contributed by atoms with Crippen molar-refractivity contribution in [2.75, 3.05) is 13.1 Å². The van der Waals surface area contributed by atoms with Gasteiger partial charge in [0.15, 0.2) is 0 Å². The van der Waals surface area contributed by atoms with Gasteiger partial charge in [-0.15, -0.1) is 0 Å². The SMILES string of the molecule is CC(C)Oc1cccc(C(=O)N2CCC(O)C(C)C2)c1. The molecule has 0 aromatic heterocycles. The highest BCUT2D eigenvalue weighted by atomic mass is 16.5.